The highest BCUT2D eigenvalue weighted by atomic mass is 35.5. The number of anilines is 2. The molecule has 1 amide bonds. The maximum Gasteiger partial charge on any atom is 0.425 e. The highest BCUT2D eigenvalue weighted by Gasteiger charge is 2.56. The molecule has 0 aliphatic carbocycles. The molecule has 0 fully saturated rings. The molecule has 0 heterocycles. The predicted octanol–water partition coefficient (Wildman–Crippen LogP) is 6.75. The number of carbonyl (C=O) groups is 1. The van der Waals surface area contributed by atoms with Gasteiger partial charge in [0, 0.05) is 10.6 Å². The van der Waals surface area contributed by atoms with E-state index < -0.39 is 55.9 Å². The summed E-state index contributed by atoms with van der Waals surface area (Å²) >= 11 is 17.9. The second kappa shape index (κ2) is 9.36. The van der Waals surface area contributed by atoms with Crippen LogP contribution < -0.4 is 10.8 Å². The van der Waals surface area contributed by atoms with Crippen molar-refractivity contribution in [3.05, 3.63) is 97.4 Å². The van der Waals surface area contributed by atoms with Gasteiger partial charge in [0.2, 0.25) is 5.60 Å². The molecule has 5 nitrogen and oxygen atoms in total. The number of halogens is 7. The van der Waals surface area contributed by atoms with E-state index in [9.17, 15) is 32.7 Å². The topological polar surface area (TPSA) is 84.4 Å². The van der Waals surface area contributed by atoms with Gasteiger partial charge in [-0.3, -0.25) is 4.79 Å². The Labute approximate surface area is 199 Å². The number of hydrogen-bond acceptors (Lipinski definition) is 4. The zero-order valence-corrected chi connectivity index (χ0v) is 18.4. The van der Waals surface area contributed by atoms with E-state index in [1.54, 1.807) is 0 Å². The SMILES string of the molecule is O=C(Nc1c(Cl)cc(C(O)(c2ccc(Cl)cc2)C(F)(F)F)cc1Cl)c1cccc(N[O-])c1F. The zero-order chi connectivity index (χ0) is 24.6. The molecule has 0 aromatic heterocycles. The van der Waals surface area contributed by atoms with Gasteiger partial charge in [-0.15, -0.1) is 0 Å². The van der Waals surface area contributed by atoms with Crippen LogP contribution in [-0.4, -0.2) is 17.2 Å². The van der Waals surface area contributed by atoms with E-state index in [4.69, 9.17) is 34.8 Å². The summed E-state index contributed by atoms with van der Waals surface area (Å²) in [6.07, 6.45) is -5.19. The van der Waals surface area contributed by atoms with Crippen molar-refractivity contribution in [1.29, 1.82) is 0 Å². The van der Waals surface area contributed by atoms with Gasteiger partial charge in [-0.1, -0.05) is 53.0 Å². The number of amides is 1. The van der Waals surface area contributed by atoms with Crippen LogP contribution in [-0.2, 0) is 5.60 Å². The normalized spacial score (nSPS) is 13.4. The smallest absolute Gasteiger partial charge is 0.425 e. The summed E-state index contributed by atoms with van der Waals surface area (Å²) in [4.78, 5) is 12.5. The number of nitrogens with one attached hydrogen (secondary N) is 2. The first kappa shape index (κ1) is 25.1. The summed E-state index contributed by atoms with van der Waals surface area (Å²) in [6, 6.07) is 9.29. The summed E-state index contributed by atoms with van der Waals surface area (Å²) in [7, 11) is 0. The van der Waals surface area contributed by atoms with Crippen LogP contribution in [0.5, 0.6) is 0 Å². The Balaban J connectivity index is 2.05. The van der Waals surface area contributed by atoms with Crippen LogP contribution in [0.15, 0.2) is 54.6 Å². The second-order valence-electron chi connectivity index (χ2n) is 6.75. The molecule has 3 aromatic carbocycles. The summed E-state index contributed by atoms with van der Waals surface area (Å²) in [5.74, 6) is -2.21. The number of hydrogen-bond donors (Lipinski definition) is 3. The molecule has 0 bridgehead atoms. The van der Waals surface area contributed by atoms with Crippen molar-refractivity contribution in [2.75, 3.05) is 10.8 Å². The molecule has 0 saturated heterocycles. The molecule has 0 radical (unpaired) electrons. The van der Waals surface area contributed by atoms with Crippen molar-refractivity contribution in [3.8, 4) is 0 Å². The van der Waals surface area contributed by atoms with Gasteiger partial charge in [-0.25, -0.2) is 4.39 Å². The minimum Gasteiger partial charge on any atom is -0.761 e. The van der Waals surface area contributed by atoms with Gasteiger partial charge in [0.1, 0.15) is 0 Å². The number of carbonyl (C=O) groups excluding carboxylic acids is 1. The molecule has 33 heavy (non-hydrogen) atoms. The molecule has 12 heteroatoms. The Bertz CT molecular complexity index is 1180. The molecule has 0 spiro atoms. The lowest BCUT2D eigenvalue weighted by Gasteiger charge is -2.32. The van der Waals surface area contributed by atoms with Crippen molar-refractivity contribution in [2.45, 2.75) is 11.8 Å². The Kier molecular flexibility index (Phi) is 7.11. The third-order valence-electron chi connectivity index (χ3n) is 4.72. The number of rotatable bonds is 5. The third kappa shape index (κ3) is 4.73. The first-order valence-corrected chi connectivity index (χ1v) is 10.1. The molecule has 3 rings (SSSR count). The van der Waals surface area contributed by atoms with Gasteiger partial charge >= 0.3 is 6.18 Å². The Morgan fingerprint density at radius 2 is 1.52 bits per heavy atom. The van der Waals surface area contributed by atoms with E-state index in [0.717, 1.165) is 36.4 Å². The summed E-state index contributed by atoms with van der Waals surface area (Å²) in [5, 5.41) is 22.9. The lowest BCUT2D eigenvalue weighted by Crippen LogP contribution is -2.43. The van der Waals surface area contributed by atoms with Crippen molar-refractivity contribution in [1.82, 2.24) is 0 Å². The highest BCUT2D eigenvalue weighted by Crippen LogP contribution is 2.47. The van der Waals surface area contributed by atoms with Gasteiger partial charge in [-0.05, 0) is 42.0 Å². The van der Waals surface area contributed by atoms with E-state index in [1.807, 2.05) is 0 Å². The zero-order valence-electron chi connectivity index (χ0n) is 16.1. The van der Waals surface area contributed by atoms with Crippen molar-refractivity contribution in [3.63, 3.8) is 0 Å². The van der Waals surface area contributed by atoms with Crippen molar-refractivity contribution in [2.24, 2.45) is 0 Å². The molecular formula is C21H12Cl3F4N2O3-. The monoisotopic (exact) mass is 521 g/mol. The Morgan fingerprint density at radius 1 is 0.939 bits per heavy atom. The molecule has 1 unspecified atom stereocenters. The average molecular weight is 523 g/mol. The quantitative estimate of drug-likeness (QED) is 0.256. The fraction of sp³-hybridized carbons (Fsp3) is 0.0952. The lowest BCUT2D eigenvalue weighted by molar-refractivity contribution is -0.248. The molecule has 0 saturated carbocycles. The molecule has 3 N–H and O–H groups in total. The Morgan fingerprint density at radius 3 is 2.03 bits per heavy atom. The van der Waals surface area contributed by atoms with E-state index in [0.29, 0.717) is 0 Å². The minimum absolute atomic E-state index is 0.154. The first-order valence-electron chi connectivity index (χ1n) is 8.92. The van der Waals surface area contributed by atoms with Gasteiger partial charge in [0.25, 0.3) is 5.91 Å². The number of benzene rings is 3. The van der Waals surface area contributed by atoms with Crippen LogP contribution >= 0.6 is 34.8 Å². The highest BCUT2D eigenvalue weighted by molar-refractivity contribution is 6.40. The average Bonchev–Trinajstić information content (AvgIpc) is 2.75. The number of alkyl halides is 3. The van der Waals surface area contributed by atoms with Crippen LogP contribution in [0.2, 0.25) is 15.1 Å². The van der Waals surface area contributed by atoms with E-state index >= 15 is 0 Å². The van der Waals surface area contributed by atoms with Gasteiger partial charge in [0.15, 0.2) is 5.82 Å². The van der Waals surface area contributed by atoms with Crippen LogP contribution in [0.1, 0.15) is 21.5 Å². The maximum absolute atomic E-state index is 14.2. The fourth-order valence-electron chi connectivity index (χ4n) is 3.05. The molecular weight excluding hydrogens is 511 g/mol. The summed E-state index contributed by atoms with van der Waals surface area (Å²) in [5.41, 5.74) is -4.81. The van der Waals surface area contributed by atoms with Crippen LogP contribution in [0.3, 0.4) is 0 Å². The fourth-order valence-corrected chi connectivity index (χ4v) is 3.76. The lowest BCUT2D eigenvalue weighted by atomic mass is 9.85. The van der Waals surface area contributed by atoms with Crippen molar-refractivity contribution >= 4 is 52.1 Å². The third-order valence-corrected chi connectivity index (χ3v) is 5.57. The predicted molar refractivity (Wildman–Crippen MR) is 118 cm³/mol. The molecule has 0 aliphatic rings. The molecule has 3 aromatic rings. The maximum atomic E-state index is 14.2. The van der Waals surface area contributed by atoms with E-state index in [2.05, 4.69) is 5.32 Å². The standard InChI is InChI=1S/C21H12Cl3F4N2O3/c22-12-6-4-10(5-7-12)20(32,21(26,27)28)11-8-14(23)18(15(24)9-11)29-19(31)13-2-1-3-16(30-33)17(13)25/h1-9,30,32H,(H,29,31)/q-1. The molecule has 1 atom stereocenters. The summed E-state index contributed by atoms with van der Waals surface area (Å²) in [6.45, 7) is 0. The largest absolute Gasteiger partial charge is 0.761 e. The first-order chi connectivity index (χ1) is 15.4. The van der Waals surface area contributed by atoms with E-state index in [-0.39, 0.29) is 10.7 Å². The van der Waals surface area contributed by atoms with E-state index in [1.165, 1.54) is 23.7 Å². The minimum atomic E-state index is -5.19. The summed E-state index contributed by atoms with van der Waals surface area (Å²) < 4.78 is 56.2. The molecule has 174 valence electrons. The van der Waals surface area contributed by atoms with Crippen LogP contribution in [0.4, 0.5) is 28.9 Å². The van der Waals surface area contributed by atoms with Gasteiger partial charge in [-0.2, -0.15) is 13.2 Å². The van der Waals surface area contributed by atoms with Gasteiger partial charge < -0.3 is 21.1 Å². The number of aliphatic hydroxyl groups is 1. The van der Waals surface area contributed by atoms with Gasteiger partial charge in [0.05, 0.1) is 27.0 Å². The van der Waals surface area contributed by atoms with Crippen LogP contribution in [0, 0.1) is 11.0 Å². The van der Waals surface area contributed by atoms with Crippen molar-refractivity contribution < 1.29 is 27.5 Å². The second-order valence-corrected chi connectivity index (χ2v) is 8.00. The Hall–Kier alpha value is -2.56. The van der Waals surface area contributed by atoms with Crippen LogP contribution in [0.25, 0.3) is 0 Å². The molecule has 0 aliphatic heterocycles.